The summed E-state index contributed by atoms with van der Waals surface area (Å²) < 4.78 is 0. The normalized spacial score (nSPS) is 16.6. The van der Waals surface area contributed by atoms with Crippen LogP contribution in [0.25, 0.3) is 0 Å². The Labute approximate surface area is 161 Å². The molecule has 0 amide bonds. The van der Waals surface area contributed by atoms with Crippen LogP contribution < -0.4 is 0 Å². The molecule has 0 aromatic rings. The fourth-order valence-electron chi connectivity index (χ4n) is 4.60. The summed E-state index contributed by atoms with van der Waals surface area (Å²) in [6, 6.07) is 0. The first-order valence-electron chi connectivity index (χ1n) is 11.6. The average molecular weight is 351 g/mol. The SMILES string of the molecule is [CH2]CCCCCCCCCCC(C)CC(C)CC(C)CC(C)C[CH]C. The minimum Gasteiger partial charge on any atom is -0.0625 e. The summed E-state index contributed by atoms with van der Waals surface area (Å²) in [6.07, 6.45) is 21.8. The van der Waals surface area contributed by atoms with Gasteiger partial charge in [0.05, 0.1) is 0 Å². The summed E-state index contributed by atoms with van der Waals surface area (Å²) in [4.78, 5) is 0. The summed E-state index contributed by atoms with van der Waals surface area (Å²) in [5.74, 6) is 3.57. The maximum absolute atomic E-state index is 3.92. The van der Waals surface area contributed by atoms with Crippen LogP contribution in [0.5, 0.6) is 0 Å². The highest BCUT2D eigenvalue weighted by atomic mass is 14.2. The van der Waals surface area contributed by atoms with E-state index in [-0.39, 0.29) is 0 Å². The van der Waals surface area contributed by atoms with Crippen LogP contribution in [0.15, 0.2) is 0 Å². The third-order valence-corrected chi connectivity index (χ3v) is 5.75. The second kappa shape index (κ2) is 17.4. The zero-order valence-corrected chi connectivity index (χ0v) is 18.5. The Morgan fingerprint density at radius 1 is 0.600 bits per heavy atom. The van der Waals surface area contributed by atoms with E-state index in [0.717, 1.165) is 30.1 Å². The average Bonchev–Trinajstić information content (AvgIpc) is 2.53. The third kappa shape index (κ3) is 17.2. The van der Waals surface area contributed by atoms with Gasteiger partial charge in [-0.2, -0.15) is 0 Å². The molecule has 0 aliphatic heterocycles. The van der Waals surface area contributed by atoms with Gasteiger partial charge in [-0.05, 0) is 55.8 Å². The van der Waals surface area contributed by atoms with Gasteiger partial charge in [-0.25, -0.2) is 0 Å². The lowest BCUT2D eigenvalue weighted by atomic mass is 9.83. The first kappa shape index (κ1) is 25.0. The molecule has 0 heterocycles. The minimum absolute atomic E-state index is 0.864. The standard InChI is InChI=1S/C25H50/c1-7-9-10-11-12-13-14-15-16-18-23(4)20-25(6)21-24(5)19-22(3)17-8-2/h8,22-25H,1,7,9-21H2,2-6H3. The number of hydrogen-bond donors (Lipinski definition) is 0. The monoisotopic (exact) mass is 350 g/mol. The van der Waals surface area contributed by atoms with Crippen molar-refractivity contribution in [3.63, 3.8) is 0 Å². The Hall–Kier alpha value is 0. The van der Waals surface area contributed by atoms with Crippen molar-refractivity contribution in [3.05, 3.63) is 13.3 Å². The Morgan fingerprint density at radius 3 is 1.56 bits per heavy atom. The van der Waals surface area contributed by atoms with Crippen molar-refractivity contribution in [2.45, 2.75) is 125 Å². The molecule has 0 saturated heterocycles. The molecule has 0 aromatic carbocycles. The van der Waals surface area contributed by atoms with Crippen LogP contribution in [0.2, 0.25) is 0 Å². The zero-order valence-electron chi connectivity index (χ0n) is 18.5. The summed E-state index contributed by atoms with van der Waals surface area (Å²) >= 11 is 0. The third-order valence-electron chi connectivity index (χ3n) is 5.75. The van der Waals surface area contributed by atoms with Gasteiger partial charge in [0, 0.05) is 0 Å². The Bertz CT molecular complexity index is 257. The maximum atomic E-state index is 3.92. The van der Waals surface area contributed by atoms with E-state index in [1.54, 1.807) is 0 Å². The van der Waals surface area contributed by atoms with Crippen molar-refractivity contribution in [2.24, 2.45) is 23.7 Å². The van der Waals surface area contributed by atoms with Crippen molar-refractivity contribution in [3.8, 4) is 0 Å². The van der Waals surface area contributed by atoms with Gasteiger partial charge in [0.25, 0.3) is 0 Å². The molecule has 0 spiro atoms. The second-order valence-electron chi connectivity index (χ2n) is 9.24. The summed E-state index contributed by atoms with van der Waals surface area (Å²) in [5.41, 5.74) is 0. The lowest BCUT2D eigenvalue weighted by Crippen LogP contribution is -2.10. The van der Waals surface area contributed by atoms with Crippen LogP contribution in [-0.2, 0) is 0 Å². The Kier molecular flexibility index (Phi) is 17.4. The highest BCUT2D eigenvalue weighted by Gasteiger charge is 2.14. The molecule has 0 aliphatic rings. The van der Waals surface area contributed by atoms with Crippen LogP contribution >= 0.6 is 0 Å². The molecular weight excluding hydrogens is 300 g/mol. The number of unbranched alkanes of at least 4 members (excludes halogenated alkanes) is 8. The lowest BCUT2D eigenvalue weighted by Gasteiger charge is -2.22. The van der Waals surface area contributed by atoms with Crippen molar-refractivity contribution in [1.29, 1.82) is 0 Å². The minimum atomic E-state index is 0.864. The fourth-order valence-corrected chi connectivity index (χ4v) is 4.60. The van der Waals surface area contributed by atoms with E-state index >= 15 is 0 Å². The molecule has 0 aromatic heterocycles. The van der Waals surface area contributed by atoms with Crippen LogP contribution in [0, 0.1) is 37.0 Å². The predicted molar refractivity (Wildman–Crippen MR) is 117 cm³/mol. The van der Waals surface area contributed by atoms with E-state index in [4.69, 9.17) is 0 Å². The Morgan fingerprint density at radius 2 is 1.04 bits per heavy atom. The second-order valence-corrected chi connectivity index (χ2v) is 9.24. The number of rotatable bonds is 18. The van der Waals surface area contributed by atoms with Gasteiger partial charge >= 0.3 is 0 Å². The molecule has 150 valence electrons. The van der Waals surface area contributed by atoms with E-state index < -0.39 is 0 Å². The molecule has 0 fully saturated rings. The molecule has 0 bridgehead atoms. The van der Waals surface area contributed by atoms with Crippen molar-refractivity contribution in [1.82, 2.24) is 0 Å². The largest absolute Gasteiger partial charge is 0.0625 e. The van der Waals surface area contributed by atoms with Gasteiger partial charge in [-0.15, -0.1) is 0 Å². The quantitative estimate of drug-likeness (QED) is 0.216. The highest BCUT2D eigenvalue weighted by Crippen LogP contribution is 2.27. The molecule has 0 rings (SSSR count). The van der Waals surface area contributed by atoms with Crippen molar-refractivity contribution >= 4 is 0 Å². The highest BCUT2D eigenvalue weighted by molar-refractivity contribution is 4.69. The molecule has 0 saturated carbocycles. The van der Waals surface area contributed by atoms with Gasteiger partial charge in [0.15, 0.2) is 0 Å². The first-order valence-corrected chi connectivity index (χ1v) is 11.6. The van der Waals surface area contributed by atoms with Crippen LogP contribution in [0.1, 0.15) is 125 Å². The van der Waals surface area contributed by atoms with E-state index in [1.807, 2.05) is 0 Å². The molecule has 25 heavy (non-hydrogen) atoms. The summed E-state index contributed by atoms with van der Waals surface area (Å²) in [6.45, 7) is 15.9. The number of hydrogen-bond acceptors (Lipinski definition) is 0. The van der Waals surface area contributed by atoms with E-state index in [0.29, 0.717) is 0 Å². The predicted octanol–water partition coefficient (Wildman–Crippen LogP) is 9.05. The fraction of sp³-hybridized carbons (Fsp3) is 0.920. The molecule has 0 heteroatoms. The van der Waals surface area contributed by atoms with Gasteiger partial charge in [0.2, 0.25) is 0 Å². The molecule has 0 aliphatic carbocycles. The van der Waals surface area contributed by atoms with Crippen LogP contribution in [0.3, 0.4) is 0 Å². The van der Waals surface area contributed by atoms with Crippen LogP contribution in [-0.4, -0.2) is 0 Å². The van der Waals surface area contributed by atoms with Crippen LogP contribution in [0.4, 0.5) is 0 Å². The molecule has 4 unspecified atom stereocenters. The molecule has 4 atom stereocenters. The smallest absolute Gasteiger partial charge is 0.0414 e. The van der Waals surface area contributed by atoms with Gasteiger partial charge in [-0.3, -0.25) is 0 Å². The molecule has 2 radical (unpaired) electrons. The molecule has 0 N–H and O–H groups in total. The first-order chi connectivity index (χ1) is 12.0. The van der Waals surface area contributed by atoms with E-state index in [2.05, 4.69) is 48.0 Å². The van der Waals surface area contributed by atoms with Crippen molar-refractivity contribution < 1.29 is 0 Å². The molecule has 0 nitrogen and oxygen atoms in total. The maximum Gasteiger partial charge on any atom is -0.0414 e. The topological polar surface area (TPSA) is 0 Å². The van der Waals surface area contributed by atoms with Gasteiger partial charge < -0.3 is 0 Å². The zero-order chi connectivity index (χ0) is 18.9. The van der Waals surface area contributed by atoms with E-state index in [9.17, 15) is 0 Å². The van der Waals surface area contributed by atoms with E-state index in [1.165, 1.54) is 83.5 Å². The van der Waals surface area contributed by atoms with Gasteiger partial charge in [0.1, 0.15) is 0 Å². The summed E-state index contributed by atoms with van der Waals surface area (Å²) in [5, 5.41) is 0. The molecular formula is C25H50. The van der Waals surface area contributed by atoms with Crippen molar-refractivity contribution in [2.75, 3.05) is 0 Å². The van der Waals surface area contributed by atoms with Gasteiger partial charge in [-0.1, -0.05) is 106 Å². The lowest BCUT2D eigenvalue weighted by molar-refractivity contribution is 0.297. The summed E-state index contributed by atoms with van der Waals surface area (Å²) in [7, 11) is 0. The Balaban J connectivity index is 3.56.